The van der Waals surface area contributed by atoms with Gasteiger partial charge in [-0.05, 0) is 37.5 Å². The fraction of sp³-hybridized carbons (Fsp3) is 0.533. The van der Waals surface area contributed by atoms with Gasteiger partial charge in [0.2, 0.25) is 0 Å². The monoisotopic (exact) mass is 313 g/mol. The Kier molecular flexibility index (Phi) is 6.78. The van der Waals surface area contributed by atoms with Crippen molar-refractivity contribution in [3.05, 3.63) is 23.2 Å². The van der Waals surface area contributed by atoms with Gasteiger partial charge in [-0.25, -0.2) is 4.79 Å². The van der Waals surface area contributed by atoms with Gasteiger partial charge in [-0.15, -0.1) is 0 Å². The summed E-state index contributed by atoms with van der Waals surface area (Å²) in [5.41, 5.74) is 1.54. The number of hydrogen-bond acceptors (Lipinski definition) is 3. The lowest BCUT2D eigenvalue weighted by Crippen LogP contribution is -2.33. The molecule has 0 aliphatic heterocycles. The number of carbonyl (C=O) groups is 1. The van der Waals surface area contributed by atoms with E-state index in [2.05, 4.69) is 10.6 Å². The Morgan fingerprint density at radius 2 is 2.05 bits per heavy atom. The molecule has 0 bridgehead atoms. The maximum atomic E-state index is 11.9. The molecule has 1 rings (SSSR count). The molecule has 0 aliphatic carbocycles. The number of aliphatic hydroxyl groups is 1. The van der Waals surface area contributed by atoms with E-state index in [0.717, 1.165) is 5.69 Å². The van der Waals surface area contributed by atoms with Gasteiger partial charge in [-0.3, -0.25) is 0 Å². The van der Waals surface area contributed by atoms with Crippen molar-refractivity contribution in [1.29, 1.82) is 0 Å². The number of halogens is 1. The fourth-order valence-corrected chi connectivity index (χ4v) is 2.27. The number of carbonyl (C=O) groups excluding carboxylic acids is 1. The maximum absolute atomic E-state index is 11.9. The number of anilines is 2. The second kappa shape index (κ2) is 8.10. The summed E-state index contributed by atoms with van der Waals surface area (Å²) in [7, 11) is 3.80. The van der Waals surface area contributed by atoms with Crippen molar-refractivity contribution in [1.82, 2.24) is 5.32 Å². The molecule has 2 amide bonds. The SMILES string of the molecule is C[C@H](CNC(=O)Nc1cc(Cl)ccc1N(C)C)C[C@H](C)O. The van der Waals surface area contributed by atoms with Crippen LogP contribution in [-0.4, -0.2) is 37.9 Å². The number of hydrogen-bond donors (Lipinski definition) is 3. The van der Waals surface area contributed by atoms with Crippen molar-refractivity contribution in [3.63, 3.8) is 0 Å². The topological polar surface area (TPSA) is 64.6 Å². The van der Waals surface area contributed by atoms with Crippen LogP contribution in [0.3, 0.4) is 0 Å². The highest BCUT2D eigenvalue weighted by atomic mass is 35.5. The molecule has 5 nitrogen and oxygen atoms in total. The number of amides is 2. The molecule has 1 aromatic carbocycles. The van der Waals surface area contributed by atoms with Crippen molar-refractivity contribution in [2.24, 2.45) is 5.92 Å². The molecule has 0 saturated heterocycles. The van der Waals surface area contributed by atoms with Gasteiger partial charge in [-0.1, -0.05) is 18.5 Å². The quantitative estimate of drug-likeness (QED) is 0.756. The van der Waals surface area contributed by atoms with Crippen LogP contribution < -0.4 is 15.5 Å². The van der Waals surface area contributed by atoms with Crippen LogP contribution in [0.1, 0.15) is 20.3 Å². The lowest BCUT2D eigenvalue weighted by Gasteiger charge is -2.19. The Morgan fingerprint density at radius 1 is 1.38 bits per heavy atom. The van der Waals surface area contributed by atoms with Crippen LogP contribution >= 0.6 is 11.6 Å². The molecule has 2 atom stereocenters. The van der Waals surface area contributed by atoms with E-state index in [0.29, 0.717) is 23.7 Å². The minimum absolute atomic E-state index is 0.212. The Hall–Kier alpha value is -1.46. The zero-order chi connectivity index (χ0) is 16.0. The lowest BCUT2D eigenvalue weighted by molar-refractivity contribution is 0.163. The lowest BCUT2D eigenvalue weighted by atomic mass is 10.1. The number of rotatable bonds is 6. The first-order chi connectivity index (χ1) is 9.79. The van der Waals surface area contributed by atoms with Crippen molar-refractivity contribution < 1.29 is 9.90 Å². The third-order valence-corrected chi connectivity index (χ3v) is 3.28. The first kappa shape index (κ1) is 17.6. The molecule has 1 aromatic rings. The molecule has 0 radical (unpaired) electrons. The van der Waals surface area contributed by atoms with E-state index in [4.69, 9.17) is 11.6 Å². The van der Waals surface area contributed by atoms with Gasteiger partial charge >= 0.3 is 6.03 Å². The van der Waals surface area contributed by atoms with Crippen molar-refractivity contribution in [3.8, 4) is 0 Å². The third kappa shape index (κ3) is 6.23. The van der Waals surface area contributed by atoms with E-state index in [1.54, 1.807) is 19.1 Å². The number of benzene rings is 1. The summed E-state index contributed by atoms with van der Waals surface area (Å²) in [4.78, 5) is 13.8. The predicted octanol–water partition coefficient (Wildman–Crippen LogP) is 2.93. The molecule has 3 N–H and O–H groups in total. The van der Waals surface area contributed by atoms with E-state index < -0.39 is 0 Å². The summed E-state index contributed by atoms with van der Waals surface area (Å²) in [6.45, 7) is 4.23. The number of nitrogens with one attached hydrogen (secondary N) is 2. The normalized spacial score (nSPS) is 13.4. The molecule has 0 aromatic heterocycles. The van der Waals surface area contributed by atoms with E-state index in [1.807, 2.05) is 32.0 Å². The van der Waals surface area contributed by atoms with Gasteiger partial charge in [0, 0.05) is 25.7 Å². The van der Waals surface area contributed by atoms with Crippen molar-refractivity contribution in [2.45, 2.75) is 26.4 Å². The zero-order valence-corrected chi connectivity index (χ0v) is 13.7. The Labute approximate surface area is 131 Å². The smallest absolute Gasteiger partial charge is 0.319 e. The third-order valence-electron chi connectivity index (χ3n) is 3.04. The van der Waals surface area contributed by atoms with Gasteiger partial charge in [-0.2, -0.15) is 0 Å². The van der Waals surface area contributed by atoms with E-state index >= 15 is 0 Å². The number of urea groups is 1. The number of nitrogens with zero attached hydrogens (tertiary/aromatic N) is 1. The van der Waals surface area contributed by atoms with Crippen molar-refractivity contribution in [2.75, 3.05) is 30.9 Å². The van der Waals surface area contributed by atoms with Crippen LogP contribution in [-0.2, 0) is 0 Å². The van der Waals surface area contributed by atoms with Gasteiger partial charge in [0.15, 0.2) is 0 Å². The van der Waals surface area contributed by atoms with Crippen LogP contribution in [0.4, 0.5) is 16.2 Å². The molecule has 21 heavy (non-hydrogen) atoms. The summed E-state index contributed by atoms with van der Waals surface area (Å²) >= 11 is 5.97. The minimum atomic E-state index is -0.363. The average Bonchev–Trinajstić information content (AvgIpc) is 2.35. The van der Waals surface area contributed by atoms with Crippen LogP contribution in [0.5, 0.6) is 0 Å². The second-order valence-corrected chi connectivity index (χ2v) is 6.02. The summed E-state index contributed by atoms with van der Waals surface area (Å²) in [5, 5.41) is 15.5. The Bertz CT molecular complexity index is 478. The van der Waals surface area contributed by atoms with E-state index in [-0.39, 0.29) is 18.1 Å². The Balaban J connectivity index is 2.60. The molecule has 6 heteroatoms. The van der Waals surface area contributed by atoms with E-state index in [9.17, 15) is 9.90 Å². The summed E-state index contributed by atoms with van der Waals surface area (Å²) in [6, 6.07) is 5.08. The van der Waals surface area contributed by atoms with Crippen LogP contribution in [0, 0.1) is 5.92 Å². The minimum Gasteiger partial charge on any atom is -0.393 e. The highest BCUT2D eigenvalue weighted by molar-refractivity contribution is 6.31. The maximum Gasteiger partial charge on any atom is 0.319 e. The van der Waals surface area contributed by atoms with Crippen LogP contribution in [0.2, 0.25) is 5.02 Å². The molecule has 0 saturated carbocycles. The highest BCUT2D eigenvalue weighted by Crippen LogP contribution is 2.27. The molecule has 0 fully saturated rings. The number of aliphatic hydroxyl groups excluding tert-OH is 1. The molecule has 0 aliphatic rings. The first-order valence-corrected chi connectivity index (χ1v) is 7.37. The predicted molar refractivity (Wildman–Crippen MR) is 88.3 cm³/mol. The molecule has 0 heterocycles. The molecular weight excluding hydrogens is 290 g/mol. The van der Waals surface area contributed by atoms with Gasteiger partial charge in [0.25, 0.3) is 0 Å². The van der Waals surface area contributed by atoms with E-state index in [1.165, 1.54) is 0 Å². The summed E-state index contributed by atoms with van der Waals surface area (Å²) in [6.07, 6.45) is 0.290. The molecule has 0 spiro atoms. The average molecular weight is 314 g/mol. The standard InChI is InChI=1S/C15H24ClN3O2/c1-10(7-11(2)20)9-17-15(21)18-13-8-12(16)5-6-14(13)19(3)4/h5-6,8,10-11,20H,7,9H2,1-4H3,(H2,17,18,21)/t10-,11-/m0/s1. The largest absolute Gasteiger partial charge is 0.393 e. The highest BCUT2D eigenvalue weighted by Gasteiger charge is 2.11. The molecular formula is C15H24ClN3O2. The summed E-state index contributed by atoms with van der Waals surface area (Å²) < 4.78 is 0. The second-order valence-electron chi connectivity index (χ2n) is 5.58. The van der Waals surface area contributed by atoms with Crippen molar-refractivity contribution >= 4 is 29.0 Å². The van der Waals surface area contributed by atoms with Crippen LogP contribution in [0.15, 0.2) is 18.2 Å². The van der Waals surface area contributed by atoms with Gasteiger partial charge < -0.3 is 20.6 Å². The van der Waals surface area contributed by atoms with Gasteiger partial charge in [0.05, 0.1) is 17.5 Å². The van der Waals surface area contributed by atoms with Gasteiger partial charge in [0.1, 0.15) is 0 Å². The fourth-order valence-electron chi connectivity index (χ4n) is 2.10. The molecule has 0 unspecified atom stereocenters. The Morgan fingerprint density at radius 3 is 2.62 bits per heavy atom. The zero-order valence-electron chi connectivity index (χ0n) is 13.0. The summed E-state index contributed by atoms with van der Waals surface area (Å²) in [5.74, 6) is 0.212. The van der Waals surface area contributed by atoms with Crippen LogP contribution in [0.25, 0.3) is 0 Å². The first-order valence-electron chi connectivity index (χ1n) is 6.99. The molecule has 118 valence electrons.